The zero-order chi connectivity index (χ0) is 14.6. The fraction of sp³-hybridized carbons (Fsp3) is 0.357. The number of aliphatic carboxylic acids is 1. The normalized spacial score (nSPS) is 12.3. The van der Waals surface area contributed by atoms with Crippen LogP contribution in [0.25, 0.3) is 0 Å². The summed E-state index contributed by atoms with van der Waals surface area (Å²) in [6.07, 6.45) is -0.228. The maximum Gasteiger partial charge on any atom is 0.350 e. The number of hydrogen-bond donors (Lipinski definition) is 1. The number of carboxylic acid groups (broad SMARTS) is 1. The van der Waals surface area contributed by atoms with E-state index in [4.69, 9.17) is 16.7 Å². The first-order chi connectivity index (χ1) is 8.69. The summed E-state index contributed by atoms with van der Waals surface area (Å²) in [5.41, 5.74) is -0.242. The third-order valence-electron chi connectivity index (χ3n) is 2.21. The molecule has 0 aliphatic rings. The summed E-state index contributed by atoms with van der Waals surface area (Å²) in [5, 5.41) is 9.60. The molecule has 0 spiro atoms. The maximum absolute atomic E-state index is 12.0. The number of rotatable bonds is 4. The van der Waals surface area contributed by atoms with Crippen molar-refractivity contribution in [2.75, 3.05) is 0 Å². The van der Waals surface area contributed by atoms with Gasteiger partial charge in [0.05, 0.1) is 12.0 Å². The van der Waals surface area contributed by atoms with Gasteiger partial charge in [-0.05, 0) is 45.0 Å². The van der Waals surface area contributed by atoms with Crippen molar-refractivity contribution in [2.45, 2.75) is 32.7 Å². The molecule has 102 valence electrons. The van der Waals surface area contributed by atoms with Crippen molar-refractivity contribution in [3.8, 4) is 0 Å². The minimum Gasteiger partial charge on any atom is -0.477 e. The maximum atomic E-state index is 12.0. The molecule has 19 heavy (non-hydrogen) atoms. The van der Waals surface area contributed by atoms with Gasteiger partial charge in [0.2, 0.25) is 0 Å². The van der Waals surface area contributed by atoms with Crippen LogP contribution in [0.4, 0.5) is 0 Å². The number of nitrogens with zero attached hydrogens (tertiary/aromatic N) is 1. The number of benzene rings is 1. The summed E-state index contributed by atoms with van der Waals surface area (Å²) in [7, 11) is 0. The van der Waals surface area contributed by atoms with Crippen LogP contribution in [0.15, 0.2) is 29.3 Å². The molecule has 0 radical (unpaired) electrons. The van der Waals surface area contributed by atoms with Crippen LogP contribution in [0, 0.1) is 0 Å². The van der Waals surface area contributed by atoms with Crippen LogP contribution in [0.1, 0.15) is 37.6 Å². The lowest BCUT2D eigenvalue weighted by Gasteiger charge is -2.13. The molecular weight excluding hydrogens is 266 g/mol. The summed E-state index contributed by atoms with van der Waals surface area (Å²) in [6, 6.07) is 6.33. The van der Waals surface area contributed by atoms with E-state index < -0.39 is 11.5 Å². The molecule has 0 amide bonds. The largest absolute Gasteiger partial charge is 0.477 e. The second-order valence-electron chi connectivity index (χ2n) is 5.14. The van der Waals surface area contributed by atoms with Gasteiger partial charge >= 0.3 is 5.97 Å². The van der Waals surface area contributed by atoms with Crippen molar-refractivity contribution in [3.05, 3.63) is 34.9 Å². The molecule has 0 aliphatic carbocycles. The van der Waals surface area contributed by atoms with Crippen LogP contribution < -0.4 is 0 Å². The molecule has 1 N–H and O–H groups in total. The van der Waals surface area contributed by atoms with E-state index in [1.807, 2.05) is 0 Å². The van der Waals surface area contributed by atoms with E-state index in [9.17, 15) is 9.59 Å². The Morgan fingerprint density at radius 3 is 2.16 bits per heavy atom. The number of halogens is 1. The highest BCUT2D eigenvalue weighted by molar-refractivity contribution is 6.40. The molecule has 0 heterocycles. The Hall–Kier alpha value is -1.68. The number of Topliss-reactive ketones (excluding diaryl/α,β-unsaturated/α-hetero) is 1. The van der Waals surface area contributed by atoms with Crippen LogP contribution in [-0.4, -0.2) is 28.1 Å². The Morgan fingerprint density at radius 1 is 1.21 bits per heavy atom. The van der Waals surface area contributed by atoms with Crippen LogP contribution >= 0.6 is 11.6 Å². The lowest BCUT2D eigenvalue weighted by molar-refractivity contribution is -0.129. The van der Waals surface area contributed by atoms with Gasteiger partial charge in [0.15, 0.2) is 5.78 Å². The molecule has 1 aromatic rings. The van der Waals surface area contributed by atoms with Gasteiger partial charge in [-0.3, -0.25) is 9.79 Å². The molecule has 1 rings (SSSR count). The first-order valence-corrected chi connectivity index (χ1v) is 6.17. The zero-order valence-electron chi connectivity index (χ0n) is 11.1. The molecule has 0 aliphatic heterocycles. The Labute approximate surface area is 117 Å². The number of carbonyl (C=O) groups excluding carboxylic acids is 1. The molecular formula is C14H16ClNO3. The first kappa shape index (κ1) is 15.4. The van der Waals surface area contributed by atoms with Crippen molar-refractivity contribution in [1.29, 1.82) is 0 Å². The van der Waals surface area contributed by atoms with E-state index in [1.54, 1.807) is 45.0 Å². The van der Waals surface area contributed by atoms with Gasteiger partial charge in [0.25, 0.3) is 0 Å². The third-order valence-corrected chi connectivity index (χ3v) is 2.46. The predicted molar refractivity (Wildman–Crippen MR) is 75.2 cm³/mol. The SMILES string of the molecule is CC(C)(C)N=C(CC(=O)c1ccc(Cl)cc1)C(=O)O. The zero-order valence-corrected chi connectivity index (χ0v) is 11.9. The third kappa shape index (κ3) is 5.22. The molecule has 0 fully saturated rings. The van der Waals surface area contributed by atoms with E-state index >= 15 is 0 Å². The Balaban J connectivity index is 2.92. The monoisotopic (exact) mass is 281 g/mol. The Kier molecular flexibility index (Phi) is 4.84. The summed E-state index contributed by atoms with van der Waals surface area (Å²) in [5.74, 6) is -1.46. The fourth-order valence-electron chi connectivity index (χ4n) is 1.46. The number of carboxylic acids is 1. The predicted octanol–water partition coefficient (Wildman–Crippen LogP) is 3.24. The summed E-state index contributed by atoms with van der Waals surface area (Å²) in [4.78, 5) is 27.1. The second kappa shape index (κ2) is 5.97. The van der Waals surface area contributed by atoms with Crippen LogP contribution in [-0.2, 0) is 4.79 Å². The molecule has 0 aromatic heterocycles. The van der Waals surface area contributed by atoms with E-state index in [1.165, 1.54) is 0 Å². The number of ketones is 1. The molecule has 0 saturated heterocycles. The van der Waals surface area contributed by atoms with Crippen LogP contribution in [0.5, 0.6) is 0 Å². The highest BCUT2D eigenvalue weighted by Crippen LogP contribution is 2.13. The van der Waals surface area contributed by atoms with Crippen molar-refractivity contribution in [1.82, 2.24) is 0 Å². The highest BCUT2D eigenvalue weighted by Gasteiger charge is 2.19. The first-order valence-electron chi connectivity index (χ1n) is 5.80. The van der Waals surface area contributed by atoms with Gasteiger partial charge in [-0.1, -0.05) is 11.6 Å². The minimum atomic E-state index is -1.17. The molecule has 5 heteroatoms. The van der Waals surface area contributed by atoms with Gasteiger partial charge in [-0.2, -0.15) is 0 Å². The van der Waals surface area contributed by atoms with Crippen LogP contribution in [0.2, 0.25) is 5.02 Å². The topological polar surface area (TPSA) is 66.7 Å². The molecule has 0 bridgehead atoms. The van der Waals surface area contributed by atoms with Crippen molar-refractivity contribution in [2.24, 2.45) is 4.99 Å². The number of carbonyl (C=O) groups is 2. The minimum absolute atomic E-state index is 0.132. The fourth-order valence-corrected chi connectivity index (χ4v) is 1.58. The van der Waals surface area contributed by atoms with E-state index in [0.29, 0.717) is 10.6 Å². The average Bonchev–Trinajstić information content (AvgIpc) is 2.27. The Morgan fingerprint density at radius 2 is 1.74 bits per heavy atom. The van der Waals surface area contributed by atoms with Gasteiger partial charge in [0, 0.05) is 10.6 Å². The molecule has 1 aromatic carbocycles. The average molecular weight is 282 g/mol. The summed E-state index contributed by atoms with van der Waals surface area (Å²) < 4.78 is 0. The molecule has 4 nitrogen and oxygen atoms in total. The smallest absolute Gasteiger partial charge is 0.350 e. The molecule has 0 atom stereocenters. The lowest BCUT2D eigenvalue weighted by Crippen LogP contribution is -2.23. The lowest BCUT2D eigenvalue weighted by atomic mass is 10.0. The second-order valence-corrected chi connectivity index (χ2v) is 5.58. The van der Waals surface area contributed by atoms with E-state index in [2.05, 4.69) is 4.99 Å². The van der Waals surface area contributed by atoms with Crippen LogP contribution in [0.3, 0.4) is 0 Å². The molecule has 0 saturated carbocycles. The van der Waals surface area contributed by atoms with Crippen molar-refractivity contribution in [3.63, 3.8) is 0 Å². The summed E-state index contributed by atoms with van der Waals surface area (Å²) >= 11 is 5.73. The van der Waals surface area contributed by atoms with Gasteiger partial charge in [0.1, 0.15) is 5.71 Å². The quantitative estimate of drug-likeness (QED) is 0.680. The van der Waals surface area contributed by atoms with E-state index in [-0.39, 0.29) is 17.9 Å². The van der Waals surface area contributed by atoms with Crippen molar-refractivity contribution >= 4 is 29.1 Å². The molecule has 0 unspecified atom stereocenters. The van der Waals surface area contributed by atoms with Gasteiger partial charge in [-0.15, -0.1) is 0 Å². The highest BCUT2D eigenvalue weighted by atomic mass is 35.5. The standard InChI is InChI=1S/C14H16ClNO3/c1-14(2,3)16-11(13(18)19)8-12(17)9-4-6-10(15)7-5-9/h4-7H,8H2,1-3H3,(H,18,19). The Bertz CT molecular complexity index is 512. The summed E-state index contributed by atoms with van der Waals surface area (Å²) in [6.45, 7) is 5.34. The van der Waals surface area contributed by atoms with Gasteiger partial charge in [-0.25, -0.2) is 4.79 Å². The van der Waals surface area contributed by atoms with Gasteiger partial charge < -0.3 is 5.11 Å². The van der Waals surface area contributed by atoms with Crippen molar-refractivity contribution < 1.29 is 14.7 Å². The van der Waals surface area contributed by atoms with E-state index in [0.717, 1.165) is 0 Å². The number of hydrogen-bond acceptors (Lipinski definition) is 3. The number of aliphatic imine (C=N–C) groups is 1.